The molecule has 3 N–H and O–H groups in total. The van der Waals surface area contributed by atoms with Crippen molar-refractivity contribution >= 4 is 23.2 Å². The maximum Gasteiger partial charge on any atom is 0.341 e. The van der Waals surface area contributed by atoms with Crippen molar-refractivity contribution in [3.05, 3.63) is 88.4 Å². The molecule has 0 radical (unpaired) electrons. The Balaban J connectivity index is 1.97. The number of primary amides is 1. The topological polar surface area (TPSA) is 124 Å². The third-order valence-electron chi connectivity index (χ3n) is 6.09. The molecule has 0 spiro atoms. The van der Waals surface area contributed by atoms with Gasteiger partial charge in [0.05, 0.1) is 11.3 Å². The average Bonchev–Trinajstić information content (AvgIpc) is 3.15. The number of aromatic nitrogens is 2. The number of carbonyl (C=O) groups is 3. The molecule has 0 unspecified atom stereocenters. The Morgan fingerprint density at radius 1 is 1.06 bits per heavy atom. The molecular formula is C28H27N3O5. The highest BCUT2D eigenvalue weighted by Gasteiger charge is 2.29. The number of fused-ring (bicyclic) bond motifs is 1. The molecule has 2 aromatic heterocycles. The quantitative estimate of drug-likeness (QED) is 0.274. The van der Waals surface area contributed by atoms with E-state index in [9.17, 15) is 14.4 Å². The van der Waals surface area contributed by atoms with Crippen LogP contribution in [0.4, 0.5) is 0 Å². The molecule has 0 bridgehead atoms. The maximum absolute atomic E-state index is 13.0. The molecule has 2 aromatic carbocycles. The van der Waals surface area contributed by atoms with Gasteiger partial charge in [0.15, 0.2) is 6.61 Å². The minimum atomic E-state index is -1.19. The molecule has 4 aromatic rings. The fraction of sp³-hybridized carbons (Fsp3) is 0.214. The molecule has 1 amide bonds. The predicted octanol–water partition coefficient (Wildman–Crippen LogP) is 3.90. The van der Waals surface area contributed by atoms with E-state index in [-0.39, 0.29) is 17.0 Å². The number of ether oxygens (including phenoxy) is 1. The number of hydrogen-bond donors (Lipinski definition) is 2. The highest BCUT2D eigenvalue weighted by atomic mass is 16.5. The number of rotatable bonds is 9. The van der Waals surface area contributed by atoms with Crippen molar-refractivity contribution in [1.82, 2.24) is 9.38 Å². The molecule has 8 nitrogen and oxygen atoms in total. The molecule has 184 valence electrons. The minimum absolute atomic E-state index is 0.0326. The normalized spacial score (nSPS) is 11.0. The lowest BCUT2D eigenvalue weighted by Crippen LogP contribution is -2.24. The van der Waals surface area contributed by atoms with Crippen molar-refractivity contribution < 1.29 is 24.2 Å². The summed E-state index contributed by atoms with van der Waals surface area (Å²) in [6, 6.07) is 16.3. The van der Waals surface area contributed by atoms with Gasteiger partial charge in [-0.1, -0.05) is 61.0 Å². The summed E-state index contributed by atoms with van der Waals surface area (Å²) in [5, 5.41) is 9.14. The molecule has 4 rings (SSSR count). The van der Waals surface area contributed by atoms with E-state index in [4.69, 9.17) is 15.6 Å². The summed E-state index contributed by atoms with van der Waals surface area (Å²) in [5.74, 6) is -3.19. The molecule has 0 aliphatic heterocycles. The van der Waals surface area contributed by atoms with Crippen molar-refractivity contribution in [2.45, 2.75) is 33.6 Å². The summed E-state index contributed by atoms with van der Waals surface area (Å²) >= 11 is 0. The molecule has 0 aliphatic carbocycles. The van der Waals surface area contributed by atoms with Crippen LogP contribution in [-0.4, -0.2) is 38.8 Å². The first-order chi connectivity index (χ1) is 17.2. The summed E-state index contributed by atoms with van der Waals surface area (Å²) in [4.78, 5) is 40.5. The van der Waals surface area contributed by atoms with E-state index in [1.54, 1.807) is 17.5 Å². The number of Topliss-reactive ketones (excluding diaryl/α,β-unsaturated/α-hetero) is 1. The standard InChI is InChI=1S/C28H27N3O5/c1-4-20-22(13-19-7-5-6-8-21(19)18-11-9-16(2)10-12-18)31-14-17(3)30-28(36-15-23(32)33)25(31)24(20)26(34)27(29)35/h5-12,14H,4,13,15H2,1-3H3,(H2,29,35)(H,32,33). The molecule has 0 atom stereocenters. The molecule has 36 heavy (non-hydrogen) atoms. The Kier molecular flexibility index (Phi) is 6.87. The van der Waals surface area contributed by atoms with Crippen molar-refractivity contribution in [2.75, 3.05) is 6.61 Å². The third kappa shape index (κ3) is 4.70. The molecule has 2 heterocycles. The Labute approximate surface area is 208 Å². The van der Waals surface area contributed by atoms with Crippen LogP contribution in [0, 0.1) is 13.8 Å². The van der Waals surface area contributed by atoms with Gasteiger partial charge in [0.1, 0.15) is 5.52 Å². The first kappa shape index (κ1) is 24.7. The molecular weight excluding hydrogens is 458 g/mol. The van der Waals surface area contributed by atoms with E-state index in [2.05, 4.69) is 29.2 Å². The van der Waals surface area contributed by atoms with Crippen LogP contribution < -0.4 is 10.5 Å². The number of aliphatic carboxylic acids is 1. The largest absolute Gasteiger partial charge is 0.479 e. The number of carbonyl (C=O) groups excluding carboxylic acids is 2. The summed E-state index contributed by atoms with van der Waals surface area (Å²) < 4.78 is 7.24. The zero-order valence-electron chi connectivity index (χ0n) is 20.4. The zero-order valence-corrected chi connectivity index (χ0v) is 20.4. The Morgan fingerprint density at radius 3 is 2.39 bits per heavy atom. The van der Waals surface area contributed by atoms with Gasteiger partial charge in [-0.15, -0.1) is 0 Å². The highest BCUT2D eigenvalue weighted by Crippen LogP contribution is 2.34. The van der Waals surface area contributed by atoms with Crippen LogP contribution in [0.1, 0.15) is 45.4 Å². The molecule has 0 saturated heterocycles. The summed E-state index contributed by atoms with van der Waals surface area (Å²) in [5.41, 5.74) is 12.0. The lowest BCUT2D eigenvalue weighted by atomic mass is 9.94. The number of carboxylic acid groups (broad SMARTS) is 1. The van der Waals surface area contributed by atoms with Gasteiger partial charge in [0.25, 0.3) is 11.7 Å². The van der Waals surface area contributed by atoms with Gasteiger partial charge in [-0.2, -0.15) is 0 Å². The fourth-order valence-corrected chi connectivity index (χ4v) is 4.51. The van der Waals surface area contributed by atoms with Crippen LogP contribution in [0.5, 0.6) is 5.88 Å². The van der Waals surface area contributed by atoms with Crippen LogP contribution in [0.15, 0.2) is 54.7 Å². The van der Waals surface area contributed by atoms with Gasteiger partial charge in [-0.25, -0.2) is 9.78 Å². The average molecular weight is 486 g/mol. The minimum Gasteiger partial charge on any atom is -0.479 e. The zero-order chi connectivity index (χ0) is 26.0. The molecule has 0 fully saturated rings. The third-order valence-corrected chi connectivity index (χ3v) is 6.09. The van der Waals surface area contributed by atoms with Crippen LogP contribution in [0.25, 0.3) is 16.6 Å². The summed E-state index contributed by atoms with van der Waals surface area (Å²) in [6.45, 7) is 5.03. The first-order valence-electron chi connectivity index (χ1n) is 11.6. The molecule has 8 heteroatoms. The van der Waals surface area contributed by atoms with Crippen molar-refractivity contribution in [3.8, 4) is 17.0 Å². The highest BCUT2D eigenvalue weighted by molar-refractivity contribution is 6.44. The summed E-state index contributed by atoms with van der Waals surface area (Å²) in [7, 11) is 0. The van der Waals surface area contributed by atoms with Crippen molar-refractivity contribution in [2.24, 2.45) is 5.73 Å². The van der Waals surface area contributed by atoms with Gasteiger partial charge >= 0.3 is 5.97 Å². The SMILES string of the molecule is CCc1c(C(=O)C(N)=O)c2c(OCC(=O)O)nc(C)cn2c1Cc1ccccc1-c1ccc(C)cc1. The number of amides is 1. The number of nitrogens with two attached hydrogens (primary N) is 1. The van der Waals surface area contributed by atoms with Crippen LogP contribution in [0.2, 0.25) is 0 Å². The number of aryl methyl sites for hydroxylation is 2. The number of hydrogen-bond acceptors (Lipinski definition) is 5. The predicted molar refractivity (Wildman–Crippen MR) is 135 cm³/mol. The number of carboxylic acids is 1. The van der Waals surface area contributed by atoms with E-state index in [0.717, 1.165) is 27.9 Å². The molecule has 0 saturated carbocycles. The van der Waals surface area contributed by atoms with Crippen molar-refractivity contribution in [3.63, 3.8) is 0 Å². The van der Waals surface area contributed by atoms with E-state index in [0.29, 0.717) is 24.1 Å². The number of nitrogens with zero attached hydrogens (tertiary/aromatic N) is 2. The smallest absolute Gasteiger partial charge is 0.341 e. The molecule has 0 aliphatic rings. The second-order valence-electron chi connectivity index (χ2n) is 8.64. The van der Waals surface area contributed by atoms with Crippen LogP contribution in [-0.2, 0) is 22.4 Å². The Hall–Kier alpha value is -4.46. The maximum atomic E-state index is 13.0. The van der Waals surface area contributed by atoms with Gasteiger partial charge in [0.2, 0.25) is 5.88 Å². The Bertz CT molecular complexity index is 1490. The van der Waals surface area contributed by atoms with E-state index >= 15 is 0 Å². The monoisotopic (exact) mass is 485 g/mol. The number of benzene rings is 2. The summed E-state index contributed by atoms with van der Waals surface area (Å²) in [6.07, 6.45) is 2.64. The van der Waals surface area contributed by atoms with Gasteiger partial charge in [-0.3, -0.25) is 9.59 Å². The number of ketones is 1. The van der Waals surface area contributed by atoms with Gasteiger partial charge in [0, 0.05) is 18.3 Å². The first-order valence-corrected chi connectivity index (χ1v) is 11.6. The van der Waals surface area contributed by atoms with Gasteiger partial charge < -0.3 is 20.0 Å². The van der Waals surface area contributed by atoms with E-state index in [1.807, 2.05) is 38.1 Å². The second-order valence-corrected chi connectivity index (χ2v) is 8.64. The lowest BCUT2D eigenvalue weighted by Gasteiger charge is -2.13. The second kappa shape index (κ2) is 10.0. The van der Waals surface area contributed by atoms with Crippen molar-refractivity contribution in [1.29, 1.82) is 0 Å². The van der Waals surface area contributed by atoms with E-state index in [1.165, 1.54) is 0 Å². The van der Waals surface area contributed by atoms with Crippen LogP contribution >= 0.6 is 0 Å². The fourth-order valence-electron chi connectivity index (χ4n) is 4.51. The lowest BCUT2D eigenvalue weighted by molar-refractivity contribution is -0.139. The van der Waals surface area contributed by atoms with Crippen LogP contribution in [0.3, 0.4) is 0 Å². The Morgan fingerprint density at radius 2 is 1.75 bits per heavy atom. The van der Waals surface area contributed by atoms with E-state index < -0.39 is 24.3 Å². The van der Waals surface area contributed by atoms with Gasteiger partial charge in [-0.05, 0) is 42.5 Å².